The maximum absolute atomic E-state index is 5.91. The number of nitrogens with two attached hydrogens (primary N) is 1. The molecular weight excluding hydrogens is 290 g/mol. The number of hydrogen-bond donors (Lipinski definition) is 1. The van der Waals surface area contributed by atoms with Gasteiger partial charge in [-0.25, -0.2) is 0 Å². The summed E-state index contributed by atoms with van der Waals surface area (Å²) < 4.78 is 1.03. The highest BCUT2D eigenvalue weighted by atomic mass is 79.9. The molecule has 0 amide bonds. The van der Waals surface area contributed by atoms with Crippen molar-refractivity contribution in [1.29, 1.82) is 0 Å². The van der Waals surface area contributed by atoms with Gasteiger partial charge in [-0.2, -0.15) is 0 Å². The van der Waals surface area contributed by atoms with E-state index in [0.717, 1.165) is 20.8 Å². The van der Waals surface area contributed by atoms with Gasteiger partial charge >= 0.3 is 0 Å². The van der Waals surface area contributed by atoms with Gasteiger partial charge in [-0.1, -0.05) is 22.0 Å². The Morgan fingerprint density at radius 1 is 1.33 bits per heavy atom. The van der Waals surface area contributed by atoms with Gasteiger partial charge in [-0.15, -0.1) is 23.1 Å². The molecule has 1 aromatic heterocycles. The van der Waals surface area contributed by atoms with Gasteiger partial charge in [0.1, 0.15) is 0 Å². The van der Waals surface area contributed by atoms with Gasteiger partial charge < -0.3 is 5.73 Å². The van der Waals surface area contributed by atoms with Crippen molar-refractivity contribution < 1.29 is 0 Å². The largest absolute Gasteiger partial charge is 0.398 e. The van der Waals surface area contributed by atoms with Crippen molar-refractivity contribution in [2.24, 2.45) is 0 Å². The quantitative estimate of drug-likeness (QED) is 0.672. The van der Waals surface area contributed by atoms with Crippen molar-refractivity contribution in [1.82, 2.24) is 0 Å². The van der Waals surface area contributed by atoms with Gasteiger partial charge in [0.15, 0.2) is 0 Å². The molecule has 0 aliphatic heterocycles. The Morgan fingerprint density at radius 2 is 2.20 bits per heavy atom. The van der Waals surface area contributed by atoms with Crippen LogP contribution in [0.3, 0.4) is 0 Å². The molecule has 0 radical (unpaired) electrons. The summed E-state index contributed by atoms with van der Waals surface area (Å²) in [5.74, 6) is 0.990. The van der Waals surface area contributed by atoms with E-state index < -0.39 is 0 Å². The molecule has 15 heavy (non-hydrogen) atoms. The Morgan fingerprint density at radius 3 is 2.87 bits per heavy atom. The first kappa shape index (κ1) is 11.0. The third-order valence-electron chi connectivity index (χ3n) is 1.92. The smallest absolute Gasteiger partial charge is 0.0463 e. The van der Waals surface area contributed by atoms with E-state index in [2.05, 4.69) is 39.5 Å². The van der Waals surface area contributed by atoms with Crippen molar-refractivity contribution in [3.8, 4) is 0 Å². The molecule has 78 valence electrons. The number of rotatable bonds is 3. The van der Waals surface area contributed by atoms with Crippen LogP contribution in [0.15, 0.2) is 45.1 Å². The topological polar surface area (TPSA) is 26.0 Å². The number of benzene rings is 1. The highest BCUT2D eigenvalue weighted by molar-refractivity contribution is 9.10. The summed E-state index contributed by atoms with van der Waals surface area (Å²) in [6.45, 7) is 0. The zero-order chi connectivity index (χ0) is 10.7. The van der Waals surface area contributed by atoms with Crippen LogP contribution in [0.5, 0.6) is 0 Å². The van der Waals surface area contributed by atoms with Gasteiger partial charge in [0.25, 0.3) is 0 Å². The molecule has 0 saturated heterocycles. The van der Waals surface area contributed by atoms with E-state index in [4.69, 9.17) is 5.73 Å². The van der Waals surface area contributed by atoms with Crippen LogP contribution in [-0.4, -0.2) is 0 Å². The maximum atomic E-state index is 5.91. The maximum Gasteiger partial charge on any atom is 0.0463 e. The Balaban J connectivity index is 2.05. The second-order valence-electron chi connectivity index (χ2n) is 3.05. The van der Waals surface area contributed by atoms with Gasteiger partial charge in [0.2, 0.25) is 0 Å². The summed E-state index contributed by atoms with van der Waals surface area (Å²) in [6.07, 6.45) is 0. The Kier molecular flexibility index (Phi) is 3.72. The molecule has 2 aromatic rings. The monoisotopic (exact) mass is 299 g/mol. The lowest BCUT2D eigenvalue weighted by Gasteiger charge is -2.04. The van der Waals surface area contributed by atoms with Crippen LogP contribution in [-0.2, 0) is 5.75 Å². The molecule has 0 aliphatic carbocycles. The van der Waals surface area contributed by atoms with E-state index in [1.807, 2.05) is 12.1 Å². The summed E-state index contributed by atoms with van der Waals surface area (Å²) >= 11 is 6.96. The van der Waals surface area contributed by atoms with Crippen LogP contribution >= 0.6 is 39.0 Å². The first-order chi connectivity index (χ1) is 7.25. The van der Waals surface area contributed by atoms with Crippen molar-refractivity contribution in [2.45, 2.75) is 10.6 Å². The molecule has 0 saturated carbocycles. The summed E-state index contributed by atoms with van der Waals surface area (Å²) in [5.41, 5.74) is 6.75. The molecule has 1 aromatic carbocycles. The summed E-state index contributed by atoms with van der Waals surface area (Å²) in [7, 11) is 0. The number of anilines is 1. The van der Waals surface area contributed by atoms with Gasteiger partial charge in [0.05, 0.1) is 0 Å². The minimum Gasteiger partial charge on any atom is -0.398 e. The molecule has 2 N–H and O–H groups in total. The Bertz CT molecular complexity index is 440. The summed E-state index contributed by atoms with van der Waals surface area (Å²) in [4.78, 5) is 2.52. The second kappa shape index (κ2) is 5.05. The number of thioether (sulfide) groups is 1. The molecule has 0 atom stereocenters. The van der Waals surface area contributed by atoms with Gasteiger partial charge in [-0.3, -0.25) is 0 Å². The van der Waals surface area contributed by atoms with Gasteiger partial charge in [0, 0.05) is 25.7 Å². The van der Waals surface area contributed by atoms with E-state index in [9.17, 15) is 0 Å². The average molecular weight is 300 g/mol. The molecule has 4 heteroatoms. The average Bonchev–Trinajstić information content (AvgIpc) is 2.69. The molecule has 0 spiro atoms. The number of hydrogen-bond acceptors (Lipinski definition) is 3. The standard InChI is InChI=1S/C11H10BrNS2/c12-8-3-4-11(10(13)6-8)15-7-9-2-1-5-14-9/h1-6H,7,13H2. The SMILES string of the molecule is Nc1cc(Br)ccc1SCc1cccs1. The first-order valence-electron chi connectivity index (χ1n) is 4.46. The Labute approximate surface area is 106 Å². The molecule has 2 rings (SSSR count). The van der Waals surface area contributed by atoms with Crippen LogP contribution in [0.2, 0.25) is 0 Å². The normalized spacial score (nSPS) is 10.5. The van der Waals surface area contributed by atoms with E-state index in [1.54, 1.807) is 23.1 Å². The van der Waals surface area contributed by atoms with Crippen LogP contribution in [0, 0.1) is 0 Å². The fourth-order valence-electron chi connectivity index (χ4n) is 1.19. The number of nitrogen functional groups attached to an aromatic ring is 1. The van der Waals surface area contributed by atoms with Gasteiger partial charge in [-0.05, 0) is 29.6 Å². The molecule has 0 aliphatic rings. The molecule has 1 nitrogen and oxygen atoms in total. The van der Waals surface area contributed by atoms with E-state index in [-0.39, 0.29) is 0 Å². The van der Waals surface area contributed by atoms with E-state index in [0.29, 0.717) is 0 Å². The minimum absolute atomic E-state index is 0.839. The lowest BCUT2D eigenvalue weighted by molar-refractivity contribution is 1.42. The van der Waals surface area contributed by atoms with Crippen LogP contribution in [0.1, 0.15) is 4.88 Å². The molecule has 0 unspecified atom stereocenters. The summed E-state index contributed by atoms with van der Waals surface area (Å²) in [6, 6.07) is 10.2. The second-order valence-corrected chi connectivity index (χ2v) is 6.02. The van der Waals surface area contributed by atoms with Crippen LogP contribution < -0.4 is 5.73 Å². The lowest BCUT2D eigenvalue weighted by atomic mass is 10.3. The van der Waals surface area contributed by atoms with Crippen molar-refractivity contribution in [2.75, 3.05) is 5.73 Å². The fourth-order valence-corrected chi connectivity index (χ4v) is 3.29. The Hall–Kier alpha value is -0.450. The predicted molar refractivity (Wildman–Crippen MR) is 72.4 cm³/mol. The van der Waals surface area contributed by atoms with E-state index >= 15 is 0 Å². The minimum atomic E-state index is 0.839. The van der Waals surface area contributed by atoms with Crippen molar-refractivity contribution in [3.63, 3.8) is 0 Å². The fraction of sp³-hybridized carbons (Fsp3) is 0.0909. The number of thiophene rings is 1. The molecule has 1 heterocycles. The molecular formula is C11H10BrNS2. The zero-order valence-electron chi connectivity index (χ0n) is 7.94. The van der Waals surface area contributed by atoms with Crippen LogP contribution in [0.4, 0.5) is 5.69 Å². The molecule has 0 bridgehead atoms. The van der Waals surface area contributed by atoms with Crippen molar-refractivity contribution in [3.05, 3.63) is 45.1 Å². The first-order valence-corrected chi connectivity index (χ1v) is 7.12. The predicted octanol–water partition coefficient (Wildman–Crippen LogP) is 4.39. The third-order valence-corrected chi connectivity index (χ3v) is 4.61. The van der Waals surface area contributed by atoms with Crippen molar-refractivity contribution >= 4 is 44.7 Å². The third kappa shape index (κ3) is 3.00. The highest BCUT2D eigenvalue weighted by Gasteiger charge is 2.01. The van der Waals surface area contributed by atoms with Crippen LogP contribution in [0.25, 0.3) is 0 Å². The zero-order valence-corrected chi connectivity index (χ0v) is 11.2. The lowest BCUT2D eigenvalue weighted by Crippen LogP contribution is -1.88. The number of halogens is 1. The summed E-state index contributed by atoms with van der Waals surface area (Å²) in [5, 5.41) is 2.10. The highest BCUT2D eigenvalue weighted by Crippen LogP contribution is 2.31. The molecule has 0 fully saturated rings. The van der Waals surface area contributed by atoms with E-state index in [1.165, 1.54) is 4.88 Å².